The molecule has 1 aliphatic rings. The molecular formula is C10H17N3O2. The highest BCUT2D eigenvalue weighted by Crippen LogP contribution is 2.18. The molecule has 1 fully saturated rings. The van der Waals surface area contributed by atoms with Gasteiger partial charge in [-0.25, -0.2) is 0 Å². The van der Waals surface area contributed by atoms with Crippen LogP contribution < -0.4 is 5.32 Å². The van der Waals surface area contributed by atoms with Crippen molar-refractivity contribution < 1.29 is 9.63 Å². The summed E-state index contributed by atoms with van der Waals surface area (Å²) >= 11 is 0. The fourth-order valence-electron chi connectivity index (χ4n) is 2.02. The molecule has 0 bridgehead atoms. The minimum absolute atomic E-state index is 0.191. The minimum atomic E-state index is -0.191. The molecule has 0 saturated heterocycles. The van der Waals surface area contributed by atoms with Crippen LogP contribution in [0.5, 0.6) is 0 Å². The molecule has 1 saturated carbocycles. The summed E-state index contributed by atoms with van der Waals surface area (Å²) in [6.45, 7) is 0.793. The normalized spacial score (nSPS) is 26.7. The van der Waals surface area contributed by atoms with Gasteiger partial charge in [0.05, 0.1) is 6.10 Å². The monoisotopic (exact) mass is 211 g/mol. The van der Waals surface area contributed by atoms with Crippen molar-refractivity contribution in [2.75, 3.05) is 6.54 Å². The minimum Gasteiger partial charge on any atom is -0.392 e. The van der Waals surface area contributed by atoms with E-state index in [0.29, 0.717) is 5.82 Å². The van der Waals surface area contributed by atoms with Gasteiger partial charge in [0.2, 0.25) is 6.39 Å². The van der Waals surface area contributed by atoms with E-state index in [0.717, 1.165) is 32.2 Å². The number of nitrogens with one attached hydrogen (secondary N) is 1. The van der Waals surface area contributed by atoms with Gasteiger partial charge in [0.1, 0.15) is 0 Å². The molecule has 0 amide bonds. The van der Waals surface area contributed by atoms with E-state index in [-0.39, 0.29) is 12.1 Å². The number of aromatic nitrogens is 2. The predicted molar refractivity (Wildman–Crippen MR) is 54.3 cm³/mol. The van der Waals surface area contributed by atoms with Gasteiger partial charge in [0.25, 0.3) is 0 Å². The Morgan fingerprint density at radius 3 is 3.07 bits per heavy atom. The van der Waals surface area contributed by atoms with Crippen molar-refractivity contribution in [2.24, 2.45) is 0 Å². The summed E-state index contributed by atoms with van der Waals surface area (Å²) < 4.78 is 4.64. The van der Waals surface area contributed by atoms with Crippen LogP contribution in [0, 0.1) is 0 Å². The van der Waals surface area contributed by atoms with Crippen LogP contribution in [0.3, 0.4) is 0 Å². The number of rotatable bonds is 4. The maximum atomic E-state index is 9.71. The first kappa shape index (κ1) is 10.6. The van der Waals surface area contributed by atoms with E-state index in [9.17, 15) is 5.11 Å². The second-order valence-corrected chi connectivity index (χ2v) is 4.01. The second kappa shape index (κ2) is 5.23. The third kappa shape index (κ3) is 3.00. The predicted octanol–water partition coefficient (Wildman–Crippen LogP) is 0.505. The van der Waals surface area contributed by atoms with Crippen LogP contribution in [-0.2, 0) is 6.42 Å². The highest BCUT2D eigenvalue weighted by atomic mass is 16.5. The molecule has 15 heavy (non-hydrogen) atoms. The summed E-state index contributed by atoms with van der Waals surface area (Å²) in [6, 6.07) is 0.241. The number of aliphatic hydroxyl groups is 1. The summed E-state index contributed by atoms with van der Waals surface area (Å²) in [4.78, 5) is 3.94. The van der Waals surface area contributed by atoms with Crippen LogP contribution in [0.4, 0.5) is 0 Å². The standard InChI is InChI=1S/C10H17N3O2/c14-9-4-2-1-3-8(9)11-6-5-10-12-7-15-13-10/h7-9,11,14H,1-6H2. The molecule has 1 aromatic heterocycles. The van der Waals surface area contributed by atoms with Crippen molar-refractivity contribution in [3.8, 4) is 0 Å². The summed E-state index contributed by atoms with van der Waals surface area (Å²) in [5.74, 6) is 0.716. The van der Waals surface area contributed by atoms with E-state index >= 15 is 0 Å². The summed E-state index contributed by atoms with van der Waals surface area (Å²) in [6.07, 6.45) is 6.22. The lowest BCUT2D eigenvalue weighted by molar-refractivity contribution is 0.0913. The molecule has 0 radical (unpaired) electrons. The van der Waals surface area contributed by atoms with Crippen LogP contribution in [-0.4, -0.2) is 33.9 Å². The molecule has 84 valence electrons. The lowest BCUT2D eigenvalue weighted by Crippen LogP contribution is -2.42. The zero-order valence-corrected chi connectivity index (χ0v) is 8.72. The first-order valence-corrected chi connectivity index (χ1v) is 5.53. The Morgan fingerprint density at radius 2 is 2.33 bits per heavy atom. The van der Waals surface area contributed by atoms with E-state index in [1.54, 1.807) is 0 Å². The van der Waals surface area contributed by atoms with Crippen molar-refractivity contribution in [1.29, 1.82) is 0 Å². The first-order chi connectivity index (χ1) is 7.36. The summed E-state index contributed by atoms with van der Waals surface area (Å²) in [5.41, 5.74) is 0. The Morgan fingerprint density at radius 1 is 1.47 bits per heavy atom. The van der Waals surface area contributed by atoms with Crippen LogP contribution >= 0.6 is 0 Å². The Balaban J connectivity index is 1.68. The number of hydrogen-bond acceptors (Lipinski definition) is 5. The third-order valence-corrected chi connectivity index (χ3v) is 2.89. The van der Waals surface area contributed by atoms with E-state index in [4.69, 9.17) is 0 Å². The van der Waals surface area contributed by atoms with Gasteiger partial charge in [-0.15, -0.1) is 0 Å². The zero-order chi connectivity index (χ0) is 10.5. The average Bonchev–Trinajstić information content (AvgIpc) is 2.74. The van der Waals surface area contributed by atoms with E-state index in [1.165, 1.54) is 12.8 Å². The molecule has 1 aromatic rings. The maximum Gasteiger partial charge on any atom is 0.213 e. The van der Waals surface area contributed by atoms with E-state index < -0.39 is 0 Å². The van der Waals surface area contributed by atoms with E-state index in [1.807, 2.05) is 0 Å². The van der Waals surface area contributed by atoms with Crippen molar-refractivity contribution in [3.63, 3.8) is 0 Å². The molecule has 0 aliphatic heterocycles. The van der Waals surface area contributed by atoms with Crippen LogP contribution in [0.15, 0.2) is 10.9 Å². The smallest absolute Gasteiger partial charge is 0.213 e. The summed E-state index contributed by atoms with van der Waals surface area (Å²) in [5, 5.41) is 16.8. The number of hydrogen-bond donors (Lipinski definition) is 2. The molecule has 2 rings (SSSR count). The van der Waals surface area contributed by atoms with Gasteiger partial charge in [-0.3, -0.25) is 0 Å². The van der Waals surface area contributed by atoms with Crippen LogP contribution in [0.2, 0.25) is 0 Å². The molecule has 1 heterocycles. The highest BCUT2D eigenvalue weighted by Gasteiger charge is 2.21. The van der Waals surface area contributed by atoms with Crippen molar-refractivity contribution >= 4 is 0 Å². The van der Waals surface area contributed by atoms with Gasteiger partial charge in [-0.05, 0) is 12.8 Å². The Kier molecular flexibility index (Phi) is 3.69. The topological polar surface area (TPSA) is 71.2 Å². The molecule has 5 heteroatoms. The van der Waals surface area contributed by atoms with Crippen molar-refractivity contribution in [2.45, 2.75) is 44.2 Å². The summed E-state index contributed by atoms with van der Waals surface area (Å²) in [7, 11) is 0. The Labute approximate surface area is 88.9 Å². The average molecular weight is 211 g/mol. The number of aliphatic hydroxyl groups excluding tert-OH is 1. The Bertz CT molecular complexity index is 276. The second-order valence-electron chi connectivity index (χ2n) is 4.01. The molecule has 2 N–H and O–H groups in total. The largest absolute Gasteiger partial charge is 0.392 e. The van der Waals surface area contributed by atoms with Crippen molar-refractivity contribution in [3.05, 3.63) is 12.2 Å². The van der Waals surface area contributed by atoms with Crippen molar-refractivity contribution in [1.82, 2.24) is 15.5 Å². The molecule has 0 spiro atoms. The fraction of sp³-hybridized carbons (Fsp3) is 0.800. The van der Waals surface area contributed by atoms with Crippen LogP contribution in [0.25, 0.3) is 0 Å². The lowest BCUT2D eigenvalue weighted by Gasteiger charge is -2.28. The maximum absolute atomic E-state index is 9.71. The van der Waals surface area contributed by atoms with Gasteiger partial charge in [0, 0.05) is 19.0 Å². The third-order valence-electron chi connectivity index (χ3n) is 2.89. The molecule has 2 unspecified atom stereocenters. The fourth-order valence-corrected chi connectivity index (χ4v) is 2.02. The van der Waals surface area contributed by atoms with Gasteiger partial charge in [-0.2, -0.15) is 4.98 Å². The Hall–Kier alpha value is -0.940. The van der Waals surface area contributed by atoms with Gasteiger partial charge >= 0.3 is 0 Å². The molecule has 2 atom stereocenters. The molecule has 1 aliphatic carbocycles. The van der Waals surface area contributed by atoms with E-state index in [2.05, 4.69) is 20.0 Å². The SMILES string of the molecule is OC1CCCCC1NCCc1ncon1. The zero-order valence-electron chi connectivity index (χ0n) is 8.72. The molecule has 5 nitrogen and oxygen atoms in total. The molecule has 0 aromatic carbocycles. The van der Waals surface area contributed by atoms with Gasteiger partial charge in [0.15, 0.2) is 5.82 Å². The number of nitrogens with zero attached hydrogens (tertiary/aromatic N) is 2. The van der Waals surface area contributed by atoms with Gasteiger partial charge < -0.3 is 14.9 Å². The highest BCUT2D eigenvalue weighted by molar-refractivity contribution is 4.83. The molecular weight excluding hydrogens is 194 g/mol. The first-order valence-electron chi connectivity index (χ1n) is 5.53. The van der Waals surface area contributed by atoms with Gasteiger partial charge in [-0.1, -0.05) is 18.0 Å². The lowest BCUT2D eigenvalue weighted by atomic mass is 9.92. The quantitative estimate of drug-likeness (QED) is 0.759. The van der Waals surface area contributed by atoms with Crippen LogP contribution in [0.1, 0.15) is 31.5 Å².